The Morgan fingerprint density at radius 1 is 1.16 bits per heavy atom. The largest absolute Gasteiger partial charge is 0.573 e. The number of sulfonamides is 1. The van der Waals surface area contributed by atoms with Crippen molar-refractivity contribution in [2.45, 2.75) is 63.3 Å². The lowest BCUT2D eigenvalue weighted by molar-refractivity contribution is -0.275. The third-order valence-electron chi connectivity index (χ3n) is 5.63. The Balaban J connectivity index is 1.50. The zero-order valence-corrected chi connectivity index (χ0v) is 18.0. The molecule has 1 saturated carbocycles. The Bertz CT molecular complexity index is 977. The van der Waals surface area contributed by atoms with Gasteiger partial charge in [-0.25, -0.2) is 17.5 Å². The molecule has 0 bridgehead atoms. The summed E-state index contributed by atoms with van der Waals surface area (Å²) in [5, 5.41) is 2.28. The van der Waals surface area contributed by atoms with E-state index >= 15 is 0 Å². The van der Waals surface area contributed by atoms with E-state index in [1.807, 2.05) is 0 Å². The molecular formula is C20H24F4N2O5S. The van der Waals surface area contributed by atoms with Crippen molar-refractivity contribution in [3.8, 4) is 5.75 Å². The van der Waals surface area contributed by atoms with Gasteiger partial charge in [-0.1, -0.05) is 18.9 Å². The van der Waals surface area contributed by atoms with Gasteiger partial charge in [0.1, 0.15) is 0 Å². The van der Waals surface area contributed by atoms with E-state index in [1.54, 1.807) is 0 Å². The van der Waals surface area contributed by atoms with Gasteiger partial charge in [-0.15, -0.1) is 13.2 Å². The van der Waals surface area contributed by atoms with Crippen molar-refractivity contribution in [2.24, 2.45) is 5.92 Å². The van der Waals surface area contributed by atoms with Crippen LogP contribution in [0.15, 0.2) is 18.2 Å². The van der Waals surface area contributed by atoms with Gasteiger partial charge in [0.2, 0.25) is 21.8 Å². The highest BCUT2D eigenvalue weighted by Crippen LogP contribution is 2.47. The molecule has 32 heavy (non-hydrogen) atoms. The first kappa shape index (κ1) is 24.4. The molecule has 2 N–H and O–H groups in total. The molecule has 1 unspecified atom stereocenters. The molecule has 1 aliphatic heterocycles. The first-order chi connectivity index (χ1) is 14.9. The number of carbonyl (C=O) groups excluding carboxylic acids is 2. The lowest BCUT2D eigenvalue weighted by Crippen LogP contribution is -2.40. The number of carbonyl (C=O) groups is 2. The number of hydrogen-bond donors (Lipinski definition) is 2. The highest BCUT2D eigenvalue weighted by molar-refractivity contribution is 7.89. The van der Waals surface area contributed by atoms with Gasteiger partial charge in [-0.2, -0.15) is 0 Å². The van der Waals surface area contributed by atoms with Gasteiger partial charge in [0.25, 0.3) is 0 Å². The topological polar surface area (TPSA) is 102 Å². The molecule has 0 spiro atoms. The van der Waals surface area contributed by atoms with Gasteiger partial charge in [0.15, 0.2) is 11.6 Å². The van der Waals surface area contributed by atoms with Crippen molar-refractivity contribution in [2.75, 3.05) is 5.75 Å². The molecule has 12 heteroatoms. The number of hydrogen-bond acceptors (Lipinski definition) is 5. The number of rotatable bonds is 10. The molecule has 3 rings (SSSR count). The Morgan fingerprint density at radius 2 is 1.88 bits per heavy atom. The minimum atomic E-state index is -5.07. The smallest absolute Gasteiger partial charge is 0.403 e. The summed E-state index contributed by atoms with van der Waals surface area (Å²) >= 11 is 0. The maximum Gasteiger partial charge on any atom is 0.573 e. The number of amides is 2. The molecule has 7 nitrogen and oxygen atoms in total. The molecule has 2 fully saturated rings. The summed E-state index contributed by atoms with van der Waals surface area (Å²) in [5.74, 6) is -3.20. The maximum absolute atomic E-state index is 13.7. The van der Waals surface area contributed by atoms with E-state index < -0.39 is 33.5 Å². The first-order valence-electron chi connectivity index (χ1n) is 10.3. The summed E-state index contributed by atoms with van der Waals surface area (Å²) in [6.07, 6.45) is -1.44. The second-order valence-electron chi connectivity index (χ2n) is 8.19. The van der Waals surface area contributed by atoms with Crippen molar-refractivity contribution in [1.29, 1.82) is 0 Å². The van der Waals surface area contributed by atoms with Crippen molar-refractivity contribution >= 4 is 21.8 Å². The van der Waals surface area contributed by atoms with Gasteiger partial charge in [0, 0.05) is 12.3 Å². The molecule has 2 amide bonds. The Hall–Kier alpha value is -2.21. The molecule has 1 aromatic rings. The SMILES string of the molecule is O=C1CCC(CCCCCS(=O)(=O)NC2(c3ccc(F)c(OC(F)(F)F)c3)CC2)C(=O)N1. The summed E-state index contributed by atoms with van der Waals surface area (Å²) < 4.78 is 82.2. The monoisotopic (exact) mass is 480 g/mol. The number of nitrogens with one attached hydrogen (secondary N) is 2. The van der Waals surface area contributed by atoms with Crippen LogP contribution in [0, 0.1) is 11.7 Å². The molecule has 178 valence electrons. The van der Waals surface area contributed by atoms with Gasteiger partial charge in [0.05, 0.1) is 11.3 Å². The lowest BCUT2D eigenvalue weighted by Gasteiger charge is -2.21. The normalized spacial score (nSPS) is 20.7. The third kappa shape index (κ3) is 6.64. The predicted octanol–water partition coefficient (Wildman–Crippen LogP) is 3.25. The van der Waals surface area contributed by atoms with E-state index in [2.05, 4.69) is 14.8 Å². The van der Waals surface area contributed by atoms with Crippen LogP contribution < -0.4 is 14.8 Å². The van der Waals surface area contributed by atoms with E-state index in [1.165, 1.54) is 6.07 Å². The fourth-order valence-electron chi connectivity index (χ4n) is 3.80. The standard InChI is InChI=1S/C20H24F4N2O5S/c21-15-7-6-14(12-16(15)31-20(22,23)24)19(9-10-19)26-32(29,30)11-3-1-2-4-13-5-8-17(27)25-18(13)28/h6-7,12-13,26H,1-5,8-11H2,(H,25,27,28). The number of imide groups is 1. The van der Waals surface area contributed by atoms with Crippen LogP contribution in [0.4, 0.5) is 17.6 Å². The fourth-order valence-corrected chi connectivity index (χ4v) is 5.40. The average molecular weight is 480 g/mol. The molecule has 2 aliphatic rings. The van der Waals surface area contributed by atoms with E-state index in [0.717, 1.165) is 12.1 Å². The van der Waals surface area contributed by atoms with E-state index in [0.29, 0.717) is 51.4 Å². The quantitative estimate of drug-likeness (QED) is 0.304. The van der Waals surface area contributed by atoms with Crippen molar-refractivity contribution < 1.29 is 40.3 Å². The fraction of sp³-hybridized carbons (Fsp3) is 0.600. The molecule has 1 aliphatic carbocycles. The summed E-state index contributed by atoms with van der Waals surface area (Å²) in [7, 11) is -3.74. The van der Waals surface area contributed by atoms with Crippen LogP contribution in [0.1, 0.15) is 56.9 Å². The second-order valence-corrected chi connectivity index (χ2v) is 10.0. The van der Waals surface area contributed by atoms with E-state index in [9.17, 15) is 35.6 Å². The Labute approximate surface area is 182 Å². The molecule has 0 aromatic heterocycles. The van der Waals surface area contributed by atoms with Crippen LogP contribution in [-0.2, 0) is 25.2 Å². The highest BCUT2D eigenvalue weighted by Gasteiger charge is 2.47. The first-order valence-corrected chi connectivity index (χ1v) is 12.0. The number of unbranched alkanes of at least 4 members (excludes halogenated alkanes) is 2. The van der Waals surface area contributed by atoms with Crippen molar-refractivity contribution in [1.82, 2.24) is 10.0 Å². The van der Waals surface area contributed by atoms with Crippen LogP contribution in [0.5, 0.6) is 5.75 Å². The minimum absolute atomic E-state index is 0.183. The molecule has 0 radical (unpaired) electrons. The highest BCUT2D eigenvalue weighted by atomic mass is 32.2. The van der Waals surface area contributed by atoms with Crippen molar-refractivity contribution in [3.05, 3.63) is 29.6 Å². The zero-order chi connectivity index (χ0) is 23.6. The molecule has 1 aromatic carbocycles. The predicted molar refractivity (Wildman–Crippen MR) is 105 cm³/mol. The molecule has 1 heterocycles. The Kier molecular flexibility index (Phi) is 7.13. The average Bonchev–Trinajstić information content (AvgIpc) is 3.43. The lowest BCUT2D eigenvalue weighted by atomic mass is 9.92. The number of halogens is 4. The van der Waals surface area contributed by atoms with Gasteiger partial charge in [-0.05, 0) is 49.8 Å². The maximum atomic E-state index is 13.7. The number of ether oxygens (including phenoxy) is 1. The molecule has 1 atom stereocenters. The van der Waals surface area contributed by atoms with E-state index in [-0.39, 0.29) is 29.0 Å². The summed E-state index contributed by atoms with van der Waals surface area (Å²) in [4.78, 5) is 22.9. The third-order valence-corrected chi connectivity index (χ3v) is 7.16. The van der Waals surface area contributed by atoms with Gasteiger partial charge >= 0.3 is 6.36 Å². The summed E-state index contributed by atoms with van der Waals surface area (Å²) in [6.45, 7) is 0. The van der Waals surface area contributed by atoms with Crippen LogP contribution in [0.3, 0.4) is 0 Å². The van der Waals surface area contributed by atoms with Crippen LogP contribution in [0.25, 0.3) is 0 Å². The summed E-state index contributed by atoms with van der Waals surface area (Å²) in [5.41, 5.74) is -0.859. The number of piperidine rings is 1. The summed E-state index contributed by atoms with van der Waals surface area (Å²) in [6, 6.07) is 2.94. The van der Waals surface area contributed by atoms with Gasteiger partial charge in [-0.3, -0.25) is 14.9 Å². The number of benzene rings is 1. The minimum Gasteiger partial charge on any atom is -0.403 e. The van der Waals surface area contributed by atoms with Crippen LogP contribution in [0.2, 0.25) is 0 Å². The number of alkyl halides is 3. The van der Waals surface area contributed by atoms with Crippen molar-refractivity contribution in [3.63, 3.8) is 0 Å². The van der Waals surface area contributed by atoms with Gasteiger partial charge < -0.3 is 4.74 Å². The van der Waals surface area contributed by atoms with Crippen LogP contribution in [-0.4, -0.2) is 32.3 Å². The van der Waals surface area contributed by atoms with Crippen LogP contribution >= 0.6 is 0 Å². The zero-order valence-electron chi connectivity index (χ0n) is 17.1. The van der Waals surface area contributed by atoms with E-state index in [4.69, 9.17) is 0 Å². The molecule has 1 saturated heterocycles. The molecular weight excluding hydrogens is 456 g/mol. The Morgan fingerprint density at radius 3 is 2.50 bits per heavy atom. The second kappa shape index (κ2) is 9.34.